The molecular formula is C28H32N8O2S. The fourth-order valence-electron chi connectivity index (χ4n) is 4.81. The third-order valence-electron chi connectivity index (χ3n) is 6.88. The minimum Gasteiger partial charge on any atom is -0.382 e. The van der Waals surface area contributed by atoms with Gasteiger partial charge in [0.2, 0.25) is 0 Å². The summed E-state index contributed by atoms with van der Waals surface area (Å²) in [6.45, 7) is 7.18. The van der Waals surface area contributed by atoms with Gasteiger partial charge in [-0.1, -0.05) is 11.3 Å². The summed E-state index contributed by atoms with van der Waals surface area (Å²) in [6.07, 6.45) is 6.87. The van der Waals surface area contributed by atoms with Gasteiger partial charge in [0.1, 0.15) is 16.7 Å². The van der Waals surface area contributed by atoms with E-state index >= 15 is 0 Å². The van der Waals surface area contributed by atoms with Crippen molar-refractivity contribution >= 4 is 28.4 Å². The second-order valence-corrected chi connectivity index (χ2v) is 11.9. The van der Waals surface area contributed by atoms with E-state index in [2.05, 4.69) is 45.8 Å². The first kappa shape index (κ1) is 26.7. The van der Waals surface area contributed by atoms with Crippen LogP contribution < -0.4 is 10.6 Å². The number of carbonyl (C=O) groups excluding carboxylic acids is 1. The van der Waals surface area contributed by atoms with Gasteiger partial charge in [0.15, 0.2) is 5.01 Å². The minimum atomic E-state index is -1.37. The first-order chi connectivity index (χ1) is 18.6. The lowest BCUT2D eigenvalue weighted by atomic mass is 9.86. The molecule has 0 aromatic carbocycles. The number of amides is 1. The lowest BCUT2D eigenvalue weighted by Gasteiger charge is -2.29. The Hall–Kier alpha value is -3.88. The van der Waals surface area contributed by atoms with Crippen molar-refractivity contribution in [3.8, 4) is 28.0 Å². The average Bonchev–Trinajstić information content (AvgIpc) is 3.55. The van der Waals surface area contributed by atoms with Crippen molar-refractivity contribution in [3.63, 3.8) is 0 Å². The van der Waals surface area contributed by atoms with E-state index in [1.807, 2.05) is 24.4 Å². The van der Waals surface area contributed by atoms with Crippen LogP contribution in [-0.2, 0) is 4.79 Å². The van der Waals surface area contributed by atoms with E-state index in [0.29, 0.717) is 5.56 Å². The second-order valence-electron chi connectivity index (χ2n) is 10.9. The van der Waals surface area contributed by atoms with Crippen LogP contribution >= 0.6 is 11.3 Å². The molecular weight excluding hydrogens is 512 g/mol. The molecule has 3 N–H and O–H groups in total. The number of hydrogen-bond donors (Lipinski definition) is 3. The molecule has 0 atom stereocenters. The van der Waals surface area contributed by atoms with Crippen molar-refractivity contribution in [2.75, 3.05) is 5.32 Å². The van der Waals surface area contributed by atoms with Gasteiger partial charge >= 0.3 is 0 Å². The topological polar surface area (TPSA) is 141 Å². The Bertz CT molecular complexity index is 1540. The molecule has 1 aliphatic carbocycles. The highest BCUT2D eigenvalue weighted by atomic mass is 32.1. The van der Waals surface area contributed by atoms with Crippen molar-refractivity contribution in [2.45, 2.75) is 77.0 Å². The Kier molecular flexibility index (Phi) is 7.34. The molecule has 0 spiro atoms. The molecule has 1 amide bonds. The molecule has 202 valence electrons. The standard InChI is InChI=1S/C28H32N8O2S/c1-16(2)32-22-12-23(24-10-9-20-11-17(13-29)14-31-36(20)24)30-15-21(22)26-35-34-25(39-26)18-5-7-19(8-6-18)33-27(37)28(3,4)38/h9-12,14-16,18-19,38H,5-8H2,1-4H3,(H,30,32)(H,33,37)/t18-,19-. The fraction of sp³-hybridized carbons (Fsp3) is 0.429. The van der Waals surface area contributed by atoms with Crippen LogP contribution in [0.3, 0.4) is 0 Å². The number of aromatic nitrogens is 5. The fourth-order valence-corrected chi connectivity index (χ4v) is 5.84. The highest BCUT2D eigenvalue weighted by molar-refractivity contribution is 7.14. The van der Waals surface area contributed by atoms with E-state index in [9.17, 15) is 15.2 Å². The van der Waals surface area contributed by atoms with E-state index in [1.54, 1.807) is 28.1 Å². The van der Waals surface area contributed by atoms with Crippen LogP contribution in [0.2, 0.25) is 0 Å². The predicted molar refractivity (Wildman–Crippen MR) is 150 cm³/mol. The van der Waals surface area contributed by atoms with Crippen LogP contribution in [0.4, 0.5) is 5.69 Å². The quantitative estimate of drug-likeness (QED) is 0.308. The summed E-state index contributed by atoms with van der Waals surface area (Å²) in [7, 11) is 0. The molecule has 1 saturated carbocycles. The molecule has 4 aromatic rings. The van der Waals surface area contributed by atoms with Gasteiger partial charge < -0.3 is 15.7 Å². The SMILES string of the molecule is CC(C)Nc1cc(-c2ccc3cc(C#N)cnn23)ncc1-c1nnc([C@H]2CC[C@H](NC(=O)C(C)(C)O)CC2)s1. The number of anilines is 1. The summed E-state index contributed by atoms with van der Waals surface area (Å²) in [5, 5.41) is 40.9. The molecule has 10 nitrogen and oxygen atoms in total. The van der Waals surface area contributed by atoms with Crippen LogP contribution in [0, 0.1) is 11.3 Å². The highest BCUT2D eigenvalue weighted by Gasteiger charge is 2.30. The van der Waals surface area contributed by atoms with Crippen LogP contribution in [-0.4, -0.2) is 53.5 Å². The van der Waals surface area contributed by atoms with E-state index in [0.717, 1.165) is 63.9 Å². The molecule has 39 heavy (non-hydrogen) atoms. The van der Waals surface area contributed by atoms with E-state index in [1.165, 1.54) is 13.8 Å². The first-order valence-corrected chi connectivity index (χ1v) is 14.0. The predicted octanol–water partition coefficient (Wildman–Crippen LogP) is 4.52. The van der Waals surface area contributed by atoms with Gasteiger partial charge in [0, 0.05) is 29.9 Å². The zero-order chi connectivity index (χ0) is 27.7. The van der Waals surface area contributed by atoms with Gasteiger partial charge in [-0.3, -0.25) is 9.78 Å². The number of nitrogens with zero attached hydrogens (tertiary/aromatic N) is 6. The van der Waals surface area contributed by atoms with Crippen molar-refractivity contribution in [1.82, 2.24) is 30.1 Å². The molecule has 1 aliphatic rings. The van der Waals surface area contributed by atoms with Gasteiger partial charge in [-0.15, -0.1) is 10.2 Å². The third-order valence-corrected chi connectivity index (χ3v) is 8.00. The number of hydrogen-bond acceptors (Lipinski definition) is 9. The lowest BCUT2D eigenvalue weighted by molar-refractivity contribution is -0.137. The zero-order valence-electron chi connectivity index (χ0n) is 22.5. The van der Waals surface area contributed by atoms with Gasteiger partial charge in [0.25, 0.3) is 5.91 Å². The smallest absolute Gasteiger partial charge is 0.251 e. The van der Waals surface area contributed by atoms with Gasteiger partial charge in [0.05, 0.1) is 34.2 Å². The monoisotopic (exact) mass is 544 g/mol. The molecule has 0 saturated heterocycles. The van der Waals surface area contributed by atoms with Crippen LogP contribution in [0.5, 0.6) is 0 Å². The van der Waals surface area contributed by atoms with Crippen LogP contribution in [0.1, 0.15) is 69.9 Å². The van der Waals surface area contributed by atoms with Crippen molar-refractivity contribution in [1.29, 1.82) is 5.26 Å². The second kappa shape index (κ2) is 10.7. The number of rotatable bonds is 7. The number of fused-ring (bicyclic) bond motifs is 1. The maximum Gasteiger partial charge on any atom is 0.251 e. The Morgan fingerprint density at radius 3 is 2.64 bits per heavy atom. The van der Waals surface area contributed by atoms with Gasteiger partial charge in [-0.2, -0.15) is 10.4 Å². The number of nitrogens with one attached hydrogen (secondary N) is 2. The average molecular weight is 545 g/mol. The maximum atomic E-state index is 12.1. The normalized spacial score (nSPS) is 17.8. The molecule has 0 bridgehead atoms. The first-order valence-electron chi connectivity index (χ1n) is 13.1. The molecule has 0 aliphatic heterocycles. The molecule has 5 rings (SSSR count). The summed E-state index contributed by atoms with van der Waals surface area (Å²) >= 11 is 1.59. The Labute approximate surface area is 231 Å². The van der Waals surface area contributed by atoms with Crippen molar-refractivity contribution < 1.29 is 9.90 Å². The summed E-state index contributed by atoms with van der Waals surface area (Å²) < 4.78 is 1.78. The number of nitriles is 1. The maximum absolute atomic E-state index is 12.1. The zero-order valence-corrected chi connectivity index (χ0v) is 23.3. The van der Waals surface area contributed by atoms with E-state index < -0.39 is 5.60 Å². The lowest BCUT2D eigenvalue weighted by Crippen LogP contribution is -2.47. The van der Waals surface area contributed by atoms with Crippen molar-refractivity contribution in [2.24, 2.45) is 0 Å². The third kappa shape index (κ3) is 5.77. The largest absolute Gasteiger partial charge is 0.382 e. The summed E-state index contributed by atoms with van der Waals surface area (Å²) in [4.78, 5) is 16.9. The summed E-state index contributed by atoms with van der Waals surface area (Å²) in [5.41, 5.74) is 3.37. The Balaban J connectivity index is 1.36. The number of aliphatic hydroxyl groups is 1. The van der Waals surface area contributed by atoms with E-state index in [4.69, 9.17) is 4.98 Å². The van der Waals surface area contributed by atoms with Gasteiger partial charge in [-0.25, -0.2) is 4.52 Å². The molecule has 4 aromatic heterocycles. The number of pyridine rings is 1. The minimum absolute atomic E-state index is 0.0669. The molecule has 11 heteroatoms. The van der Waals surface area contributed by atoms with Gasteiger partial charge in [-0.05, 0) is 77.6 Å². The Morgan fingerprint density at radius 1 is 1.18 bits per heavy atom. The molecule has 1 fully saturated rings. The van der Waals surface area contributed by atoms with E-state index in [-0.39, 0.29) is 23.9 Å². The summed E-state index contributed by atoms with van der Waals surface area (Å²) in [5.74, 6) is -0.0436. The molecule has 0 radical (unpaired) electrons. The number of carbonyl (C=O) groups is 1. The van der Waals surface area contributed by atoms with Crippen molar-refractivity contribution in [3.05, 3.63) is 47.2 Å². The highest BCUT2D eigenvalue weighted by Crippen LogP contribution is 2.39. The molecule has 0 unspecified atom stereocenters. The Morgan fingerprint density at radius 2 is 1.95 bits per heavy atom. The molecule has 4 heterocycles. The summed E-state index contributed by atoms with van der Waals surface area (Å²) in [6, 6.07) is 10.1. The van der Waals surface area contributed by atoms with Crippen LogP contribution in [0.15, 0.2) is 36.7 Å². The van der Waals surface area contributed by atoms with Crippen LogP contribution in [0.25, 0.3) is 27.5 Å².